The second-order valence-corrected chi connectivity index (χ2v) is 9.47. The molecule has 0 amide bonds. The van der Waals surface area contributed by atoms with Crippen molar-refractivity contribution in [3.05, 3.63) is 114 Å². The molecule has 3 aromatic carbocycles. The first-order chi connectivity index (χ1) is 18.1. The first kappa shape index (κ1) is 22.8. The Bertz CT molecular complexity index is 1750. The molecule has 0 radical (unpaired) electrons. The summed E-state index contributed by atoms with van der Waals surface area (Å²) in [6.07, 6.45) is 6.07. The number of nitriles is 1. The average molecular weight is 482 g/mol. The number of imidazole rings is 2. The van der Waals surface area contributed by atoms with Gasteiger partial charge in [0.2, 0.25) is 0 Å². The van der Waals surface area contributed by atoms with Gasteiger partial charge in [0.1, 0.15) is 11.5 Å². The molecule has 6 aromatic rings. The lowest BCUT2D eigenvalue weighted by molar-refractivity contribution is 0.722. The third-order valence-electron chi connectivity index (χ3n) is 6.91. The largest absolute Gasteiger partial charge is 0.323 e. The quantitative estimate of drug-likeness (QED) is 0.253. The van der Waals surface area contributed by atoms with Crippen LogP contribution in [-0.4, -0.2) is 18.9 Å². The van der Waals surface area contributed by atoms with Gasteiger partial charge in [0, 0.05) is 30.9 Å². The van der Waals surface area contributed by atoms with E-state index in [0.29, 0.717) is 5.56 Å². The number of pyridine rings is 1. The molecular formula is C32H27N5. The molecule has 6 rings (SSSR count). The molecule has 5 nitrogen and oxygen atoms in total. The summed E-state index contributed by atoms with van der Waals surface area (Å²) < 4.78 is 4.41. The second kappa shape index (κ2) is 9.40. The van der Waals surface area contributed by atoms with Gasteiger partial charge in [-0.25, -0.2) is 9.97 Å². The summed E-state index contributed by atoms with van der Waals surface area (Å²) in [5.74, 6) is 1.10. The van der Waals surface area contributed by atoms with Crippen LogP contribution >= 0.6 is 0 Å². The fourth-order valence-electron chi connectivity index (χ4n) is 5.06. The van der Waals surface area contributed by atoms with Crippen LogP contribution in [0.4, 0.5) is 0 Å². The minimum absolute atomic E-state index is 0.691. The Hall–Kier alpha value is -4.69. The van der Waals surface area contributed by atoms with E-state index in [-0.39, 0.29) is 0 Å². The molecule has 180 valence electrons. The van der Waals surface area contributed by atoms with E-state index in [9.17, 15) is 5.26 Å². The maximum Gasteiger partial charge on any atom is 0.137 e. The van der Waals surface area contributed by atoms with Gasteiger partial charge in [-0.3, -0.25) is 0 Å². The highest BCUT2D eigenvalue weighted by molar-refractivity contribution is 5.85. The Morgan fingerprint density at radius 3 is 2.49 bits per heavy atom. The van der Waals surface area contributed by atoms with Gasteiger partial charge < -0.3 is 8.97 Å². The number of hydrogen-bond donors (Lipinski definition) is 0. The third kappa shape index (κ3) is 4.17. The van der Waals surface area contributed by atoms with Crippen molar-refractivity contribution in [1.29, 1.82) is 5.26 Å². The highest BCUT2D eigenvalue weighted by Crippen LogP contribution is 2.30. The molecule has 0 unspecified atom stereocenters. The van der Waals surface area contributed by atoms with Gasteiger partial charge >= 0.3 is 0 Å². The third-order valence-corrected chi connectivity index (χ3v) is 6.91. The van der Waals surface area contributed by atoms with Crippen LogP contribution < -0.4 is 0 Å². The Morgan fingerprint density at radius 1 is 0.892 bits per heavy atom. The zero-order valence-corrected chi connectivity index (χ0v) is 21.0. The molecule has 0 saturated carbocycles. The SMILES string of the molecule is CCCc1nc2c(C)cc(-c3cn4ccccc4n3)cc2n1Cc1ccc(-c2ccccc2C#N)cc1. The fourth-order valence-corrected chi connectivity index (χ4v) is 5.06. The van der Waals surface area contributed by atoms with Gasteiger partial charge in [0.05, 0.1) is 28.4 Å². The summed E-state index contributed by atoms with van der Waals surface area (Å²) in [4.78, 5) is 9.92. The van der Waals surface area contributed by atoms with E-state index in [1.54, 1.807) is 0 Å². The normalized spacial score (nSPS) is 11.3. The van der Waals surface area contributed by atoms with Crippen LogP contribution in [-0.2, 0) is 13.0 Å². The van der Waals surface area contributed by atoms with Crippen molar-refractivity contribution in [3.8, 4) is 28.5 Å². The van der Waals surface area contributed by atoms with Gasteiger partial charge in [0.25, 0.3) is 0 Å². The smallest absolute Gasteiger partial charge is 0.137 e. The van der Waals surface area contributed by atoms with E-state index >= 15 is 0 Å². The minimum atomic E-state index is 0.691. The molecule has 0 aliphatic heterocycles. The van der Waals surface area contributed by atoms with Crippen LogP contribution in [0.1, 0.15) is 35.9 Å². The number of hydrogen-bond acceptors (Lipinski definition) is 3. The van der Waals surface area contributed by atoms with Gasteiger partial charge in [-0.15, -0.1) is 0 Å². The maximum absolute atomic E-state index is 9.49. The summed E-state index contributed by atoms with van der Waals surface area (Å²) in [5, 5.41) is 9.49. The molecule has 5 heteroatoms. The van der Waals surface area contributed by atoms with E-state index < -0.39 is 0 Å². The van der Waals surface area contributed by atoms with Crippen molar-refractivity contribution < 1.29 is 0 Å². The maximum atomic E-state index is 9.49. The fraction of sp³-hybridized carbons (Fsp3) is 0.156. The van der Waals surface area contributed by atoms with Gasteiger partial charge in [0.15, 0.2) is 0 Å². The number of aromatic nitrogens is 4. The van der Waals surface area contributed by atoms with Crippen LogP contribution in [0, 0.1) is 18.3 Å². The predicted molar refractivity (Wildman–Crippen MR) is 148 cm³/mol. The molecule has 0 N–H and O–H groups in total. The second-order valence-electron chi connectivity index (χ2n) is 9.47. The number of aryl methyl sites for hydroxylation is 2. The highest BCUT2D eigenvalue weighted by atomic mass is 15.1. The number of benzene rings is 3. The molecule has 37 heavy (non-hydrogen) atoms. The van der Waals surface area contributed by atoms with Crippen LogP contribution in [0.5, 0.6) is 0 Å². The zero-order chi connectivity index (χ0) is 25.4. The number of rotatable bonds is 6. The Labute approximate surface area is 216 Å². The lowest BCUT2D eigenvalue weighted by Gasteiger charge is -2.11. The Morgan fingerprint density at radius 2 is 1.70 bits per heavy atom. The predicted octanol–water partition coefficient (Wildman–Crippen LogP) is 7.20. The molecule has 0 spiro atoms. The van der Waals surface area contributed by atoms with Crippen LogP contribution in [0.2, 0.25) is 0 Å². The molecule has 0 saturated heterocycles. The molecule has 0 aliphatic carbocycles. The lowest BCUT2D eigenvalue weighted by Crippen LogP contribution is -2.05. The van der Waals surface area contributed by atoms with E-state index in [1.807, 2.05) is 48.7 Å². The standard InChI is InChI=1S/C32H27N5/c1-3-8-31-35-32-22(2)17-26(28-21-36-16-7-6-11-30(36)34-28)18-29(32)37(31)20-23-12-14-24(15-13-23)27-10-5-4-9-25(27)19-33/h4-7,9-18,21H,3,8,20H2,1-2H3. The van der Waals surface area contributed by atoms with Gasteiger partial charge in [-0.05, 0) is 65.9 Å². The Kier molecular flexibility index (Phi) is 5.78. The van der Waals surface area contributed by atoms with Crippen LogP contribution in [0.25, 0.3) is 39.1 Å². The first-order valence-corrected chi connectivity index (χ1v) is 12.7. The highest BCUT2D eigenvalue weighted by Gasteiger charge is 2.16. The van der Waals surface area contributed by atoms with Crippen molar-refractivity contribution in [2.75, 3.05) is 0 Å². The first-order valence-electron chi connectivity index (χ1n) is 12.7. The van der Waals surface area contributed by atoms with Crippen molar-refractivity contribution in [1.82, 2.24) is 18.9 Å². The average Bonchev–Trinajstić information content (AvgIpc) is 3.51. The van der Waals surface area contributed by atoms with Crippen molar-refractivity contribution in [2.45, 2.75) is 33.2 Å². The monoisotopic (exact) mass is 481 g/mol. The van der Waals surface area contributed by atoms with Crippen molar-refractivity contribution in [2.24, 2.45) is 0 Å². The van der Waals surface area contributed by atoms with Gasteiger partial charge in [-0.2, -0.15) is 5.26 Å². The van der Waals surface area contributed by atoms with E-state index in [4.69, 9.17) is 9.97 Å². The molecule has 0 atom stereocenters. The molecule has 0 bridgehead atoms. The Balaban J connectivity index is 1.41. The molecule has 0 aliphatic rings. The summed E-state index contributed by atoms with van der Waals surface area (Å²) in [6.45, 7) is 5.07. The minimum Gasteiger partial charge on any atom is -0.323 e. The van der Waals surface area contributed by atoms with E-state index in [2.05, 4.69) is 71.5 Å². The summed E-state index contributed by atoms with van der Waals surface area (Å²) in [5.41, 5.74) is 10.2. The molecule has 3 heterocycles. The van der Waals surface area contributed by atoms with E-state index in [0.717, 1.165) is 69.8 Å². The number of fused-ring (bicyclic) bond motifs is 2. The summed E-state index contributed by atoms with van der Waals surface area (Å²) in [7, 11) is 0. The molecule has 0 fully saturated rings. The zero-order valence-electron chi connectivity index (χ0n) is 21.0. The molecular weight excluding hydrogens is 454 g/mol. The number of nitrogens with zero attached hydrogens (tertiary/aromatic N) is 5. The van der Waals surface area contributed by atoms with E-state index in [1.165, 1.54) is 5.56 Å². The topological polar surface area (TPSA) is 58.9 Å². The van der Waals surface area contributed by atoms with Crippen molar-refractivity contribution in [3.63, 3.8) is 0 Å². The molecule has 3 aromatic heterocycles. The van der Waals surface area contributed by atoms with Crippen molar-refractivity contribution >= 4 is 16.7 Å². The lowest BCUT2D eigenvalue weighted by atomic mass is 9.99. The summed E-state index contributed by atoms with van der Waals surface area (Å²) in [6, 6.07) is 29.0. The van der Waals surface area contributed by atoms with Crippen LogP contribution in [0.3, 0.4) is 0 Å². The summed E-state index contributed by atoms with van der Waals surface area (Å²) >= 11 is 0. The van der Waals surface area contributed by atoms with Crippen LogP contribution in [0.15, 0.2) is 91.3 Å². The van der Waals surface area contributed by atoms with Gasteiger partial charge in [-0.1, -0.05) is 55.5 Å².